The molecule has 0 radical (unpaired) electrons. The van der Waals surface area contributed by atoms with E-state index in [-0.39, 0.29) is 5.91 Å². The number of ether oxygens (including phenoxy) is 1. The van der Waals surface area contributed by atoms with Crippen molar-refractivity contribution < 1.29 is 9.53 Å². The zero-order valence-corrected chi connectivity index (χ0v) is 16.8. The second-order valence-corrected chi connectivity index (χ2v) is 7.52. The molecule has 0 saturated carbocycles. The molecule has 1 aliphatic heterocycles. The molecule has 1 aliphatic rings. The van der Waals surface area contributed by atoms with Gasteiger partial charge in [0.25, 0.3) is 5.91 Å². The van der Waals surface area contributed by atoms with Crippen LogP contribution in [0.1, 0.15) is 48.5 Å². The first-order chi connectivity index (χ1) is 13.7. The van der Waals surface area contributed by atoms with E-state index < -0.39 is 0 Å². The van der Waals surface area contributed by atoms with Crippen molar-refractivity contribution in [2.75, 3.05) is 26.2 Å². The molecule has 5 heteroatoms. The predicted molar refractivity (Wildman–Crippen MR) is 111 cm³/mol. The van der Waals surface area contributed by atoms with E-state index in [1.165, 1.54) is 5.56 Å². The number of hydrogen-bond donors (Lipinski definition) is 1. The molecule has 150 valence electrons. The highest BCUT2D eigenvalue weighted by atomic mass is 16.5. The number of aromatic nitrogens is 1. The van der Waals surface area contributed by atoms with Crippen molar-refractivity contribution in [1.82, 2.24) is 15.2 Å². The molecular weight excluding hydrogens is 350 g/mol. The van der Waals surface area contributed by atoms with E-state index in [0.717, 1.165) is 64.2 Å². The minimum absolute atomic E-state index is 0.00195. The zero-order chi connectivity index (χ0) is 19.6. The number of nitrogens with one attached hydrogen (secondary N) is 1. The standard InChI is InChI=1S/C23H31N3O2/c1-2-3-15-28-22-8-6-21(7-9-22)23(27)25-17-19-10-13-26(14-11-19)18-20-5-4-12-24-16-20/h4-9,12,16,19H,2-3,10-11,13-15,17-18H2,1H3,(H,25,27). The summed E-state index contributed by atoms with van der Waals surface area (Å²) in [7, 11) is 0. The molecule has 0 spiro atoms. The van der Waals surface area contributed by atoms with Crippen LogP contribution in [0.3, 0.4) is 0 Å². The summed E-state index contributed by atoms with van der Waals surface area (Å²) in [5.74, 6) is 1.37. The number of rotatable bonds is 9. The zero-order valence-electron chi connectivity index (χ0n) is 16.8. The van der Waals surface area contributed by atoms with E-state index in [1.807, 2.05) is 42.7 Å². The number of nitrogens with zero attached hydrogens (tertiary/aromatic N) is 2. The van der Waals surface area contributed by atoms with Gasteiger partial charge in [-0.2, -0.15) is 0 Å². The Hall–Kier alpha value is -2.40. The summed E-state index contributed by atoms with van der Waals surface area (Å²) in [6.45, 7) is 6.70. The second kappa shape index (κ2) is 10.8. The quantitative estimate of drug-likeness (QED) is 0.669. The molecule has 0 atom stereocenters. The topological polar surface area (TPSA) is 54.5 Å². The molecule has 3 rings (SSSR count). The minimum atomic E-state index is -0.00195. The Balaban J connectivity index is 1.37. The molecule has 1 saturated heterocycles. The van der Waals surface area contributed by atoms with Crippen molar-refractivity contribution in [3.63, 3.8) is 0 Å². The lowest BCUT2D eigenvalue weighted by molar-refractivity contribution is 0.0935. The van der Waals surface area contributed by atoms with Gasteiger partial charge in [-0.25, -0.2) is 0 Å². The van der Waals surface area contributed by atoms with Crippen molar-refractivity contribution >= 4 is 5.91 Å². The van der Waals surface area contributed by atoms with Gasteiger partial charge in [-0.1, -0.05) is 19.4 Å². The van der Waals surface area contributed by atoms with Gasteiger partial charge < -0.3 is 10.1 Å². The second-order valence-electron chi connectivity index (χ2n) is 7.52. The van der Waals surface area contributed by atoms with Gasteiger partial charge in [0, 0.05) is 31.0 Å². The van der Waals surface area contributed by atoms with Gasteiger partial charge in [-0.3, -0.25) is 14.7 Å². The van der Waals surface area contributed by atoms with E-state index >= 15 is 0 Å². The lowest BCUT2D eigenvalue weighted by Crippen LogP contribution is -2.38. The van der Waals surface area contributed by atoms with Crippen LogP contribution in [0.15, 0.2) is 48.8 Å². The first kappa shape index (κ1) is 20.3. The average molecular weight is 382 g/mol. The van der Waals surface area contributed by atoms with E-state index in [1.54, 1.807) is 0 Å². The van der Waals surface area contributed by atoms with Crippen molar-refractivity contribution in [3.8, 4) is 5.75 Å². The van der Waals surface area contributed by atoms with Crippen LogP contribution >= 0.6 is 0 Å². The summed E-state index contributed by atoms with van der Waals surface area (Å²) in [5, 5.41) is 3.10. The molecule has 1 aromatic heterocycles. The first-order valence-corrected chi connectivity index (χ1v) is 10.4. The fourth-order valence-electron chi connectivity index (χ4n) is 3.47. The van der Waals surface area contributed by atoms with E-state index in [2.05, 4.69) is 28.2 Å². The summed E-state index contributed by atoms with van der Waals surface area (Å²) >= 11 is 0. The lowest BCUT2D eigenvalue weighted by Gasteiger charge is -2.32. The van der Waals surface area contributed by atoms with Gasteiger partial charge in [0.1, 0.15) is 5.75 Å². The van der Waals surface area contributed by atoms with Crippen LogP contribution in [0, 0.1) is 5.92 Å². The molecule has 1 aromatic carbocycles. The molecule has 0 unspecified atom stereocenters. The van der Waals surface area contributed by atoms with Crippen LogP contribution in [0.2, 0.25) is 0 Å². The Morgan fingerprint density at radius 2 is 2.00 bits per heavy atom. The summed E-state index contributed by atoms with van der Waals surface area (Å²) in [5.41, 5.74) is 1.95. The van der Waals surface area contributed by atoms with Crippen LogP contribution in [-0.4, -0.2) is 42.0 Å². The van der Waals surface area contributed by atoms with Crippen LogP contribution in [0.4, 0.5) is 0 Å². The van der Waals surface area contributed by atoms with Crippen molar-refractivity contribution in [2.24, 2.45) is 5.92 Å². The largest absolute Gasteiger partial charge is 0.494 e. The summed E-state index contributed by atoms with van der Waals surface area (Å²) in [6, 6.07) is 11.5. The van der Waals surface area contributed by atoms with Gasteiger partial charge in [-0.05, 0) is 74.2 Å². The van der Waals surface area contributed by atoms with E-state index in [9.17, 15) is 4.79 Å². The molecule has 0 aliphatic carbocycles. The molecule has 28 heavy (non-hydrogen) atoms. The Labute approximate surface area is 168 Å². The van der Waals surface area contributed by atoms with E-state index in [0.29, 0.717) is 11.5 Å². The predicted octanol–water partition coefficient (Wildman–Crippen LogP) is 3.90. The maximum atomic E-state index is 12.4. The van der Waals surface area contributed by atoms with Crippen LogP contribution in [0.25, 0.3) is 0 Å². The third-order valence-electron chi connectivity index (χ3n) is 5.27. The third kappa shape index (κ3) is 6.34. The molecule has 2 heterocycles. The number of unbranched alkanes of at least 4 members (excludes halogenated alkanes) is 1. The van der Waals surface area contributed by atoms with Gasteiger partial charge in [0.2, 0.25) is 0 Å². The van der Waals surface area contributed by atoms with Crippen molar-refractivity contribution in [2.45, 2.75) is 39.2 Å². The smallest absolute Gasteiger partial charge is 0.251 e. The highest BCUT2D eigenvalue weighted by Gasteiger charge is 2.20. The Kier molecular flexibility index (Phi) is 7.85. The summed E-state index contributed by atoms with van der Waals surface area (Å²) in [6.07, 6.45) is 8.14. The fraction of sp³-hybridized carbons (Fsp3) is 0.478. The number of benzene rings is 1. The van der Waals surface area contributed by atoms with Gasteiger partial charge >= 0.3 is 0 Å². The van der Waals surface area contributed by atoms with Crippen molar-refractivity contribution in [3.05, 3.63) is 59.9 Å². The monoisotopic (exact) mass is 381 g/mol. The number of carbonyl (C=O) groups excluding carboxylic acids is 1. The van der Waals surface area contributed by atoms with Crippen LogP contribution in [0.5, 0.6) is 5.75 Å². The molecule has 5 nitrogen and oxygen atoms in total. The Morgan fingerprint density at radius 3 is 2.68 bits per heavy atom. The number of amides is 1. The molecule has 1 fully saturated rings. The van der Waals surface area contributed by atoms with Crippen molar-refractivity contribution in [1.29, 1.82) is 0 Å². The molecule has 0 bridgehead atoms. The number of likely N-dealkylation sites (tertiary alicyclic amines) is 1. The van der Waals surface area contributed by atoms with Gasteiger partial charge in [0.05, 0.1) is 6.61 Å². The SMILES string of the molecule is CCCCOc1ccc(C(=O)NCC2CCN(Cc3cccnc3)CC2)cc1. The maximum absolute atomic E-state index is 12.4. The number of hydrogen-bond acceptors (Lipinski definition) is 4. The van der Waals surface area contributed by atoms with Gasteiger partial charge in [0.15, 0.2) is 0 Å². The number of piperidine rings is 1. The third-order valence-corrected chi connectivity index (χ3v) is 5.27. The Bertz CT molecular complexity index is 710. The van der Waals surface area contributed by atoms with E-state index in [4.69, 9.17) is 4.74 Å². The average Bonchev–Trinajstić information content (AvgIpc) is 2.74. The van der Waals surface area contributed by atoms with Gasteiger partial charge in [-0.15, -0.1) is 0 Å². The normalized spacial score (nSPS) is 15.3. The highest BCUT2D eigenvalue weighted by Crippen LogP contribution is 2.19. The summed E-state index contributed by atoms with van der Waals surface area (Å²) in [4.78, 5) is 19.0. The minimum Gasteiger partial charge on any atom is -0.494 e. The maximum Gasteiger partial charge on any atom is 0.251 e. The summed E-state index contributed by atoms with van der Waals surface area (Å²) < 4.78 is 5.65. The lowest BCUT2D eigenvalue weighted by atomic mass is 9.96. The van der Waals surface area contributed by atoms with Crippen LogP contribution < -0.4 is 10.1 Å². The first-order valence-electron chi connectivity index (χ1n) is 10.4. The molecule has 2 aromatic rings. The van der Waals surface area contributed by atoms with Crippen LogP contribution in [-0.2, 0) is 6.54 Å². The fourth-order valence-corrected chi connectivity index (χ4v) is 3.47. The molecule has 1 N–H and O–H groups in total. The highest BCUT2D eigenvalue weighted by molar-refractivity contribution is 5.94. The number of pyridine rings is 1. The molecular formula is C23H31N3O2. The number of carbonyl (C=O) groups is 1. The Morgan fingerprint density at radius 1 is 1.21 bits per heavy atom. The molecule has 1 amide bonds.